The van der Waals surface area contributed by atoms with Crippen molar-refractivity contribution in [3.8, 4) is 0 Å². The number of aromatic amines is 1. The zero-order valence-electron chi connectivity index (χ0n) is 8.02. The van der Waals surface area contributed by atoms with Crippen LogP contribution in [0.15, 0.2) is 0 Å². The fraction of sp³-hybridized carbons (Fsp3) is 0.500. The second kappa shape index (κ2) is 4.36. The van der Waals surface area contributed by atoms with Gasteiger partial charge < -0.3 is 5.32 Å². The van der Waals surface area contributed by atoms with Crippen LogP contribution in [0.4, 0.5) is 0 Å². The summed E-state index contributed by atoms with van der Waals surface area (Å²) in [6.45, 7) is 1.58. The van der Waals surface area contributed by atoms with E-state index in [1.165, 1.54) is 0 Å². The smallest absolute Gasteiger partial charge is 0.290 e. The van der Waals surface area contributed by atoms with E-state index in [2.05, 4.69) is 20.5 Å². The van der Waals surface area contributed by atoms with E-state index in [1.807, 2.05) is 0 Å². The van der Waals surface area contributed by atoms with E-state index < -0.39 is 15.9 Å². The van der Waals surface area contributed by atoms with Crippen molar-refractivity contribution in [1.82, 2.24) is 20.5 Å². The standard InChI is InChI=1S/C6H11N5O3S/c1-4-9-5(11-10-4)6(12)8-2-3-15(7,13)14/h2-3H2,1H3,(H,8,12)(H2,7,13,14)(H,9,10,11). The number of primary sulfonamides is 1. The summed E-state index contributed by atoms with van der Waals surface area (Å²) in [6, 6.07) is 0. The number of carbonyl (C=O) groups excluding carboxylic acids is 1. The molecule has 84 valence electrons. The highest BCUT2D eigenvalue weighted by atomic mass is 32.2. The Morgan fingerprint density at radius 3 is 2.73 bits per heavy atom. The summed E-state index contributed by atoms with van der Waals surface area (Å²) < 4.78 is 21.1. The van der Waals surface area contributed by atoms with E-state index in [0.717, 1.165) is 0 Å². The number of rotatable bonds is 4. The van der Waals surface area contributed by atoms with Gasteiger partial charge >= 0.3 is 0 Å². The minimum Gasteiger partial charge on any atom is -0.348 e. The molecule has 0 aliphatic heterocycles. The number of aryl methyl sites for hydroxylation is 1. The van der Waals surface area contributed by atoms with Crippen molar-refractivity contribution in [2.45, 2.75) is 6.92 Å². The Morgan fingerprint density at radius 2 is 2.27 bits per heavy atom. The third-order valence-electron chi connectivity index (χ3n) is 1.47. The van der Waals surface area contributed by atoms with Crippen molar-refractivity contribution >= 4 is 15.9 Å². The third-order valence-corrected chi connectivity index (χ3v) is 2.25. The minimum absolute atomic E-state index is 0.0260. The molecule has 0 radical (unpaired) electrons. The molecule has 1 aromatic rings. The van der Waals surface area contributed by atoms with Crippen LogP contribution in [0, 0.1) is 6.92 Å². The van der Waals surface area contributed by atoms with Crippen LogP contribution in [-0.4, -0.2) is 41.8 Å². The van der Waals surface area contributed by atoms with Gasteiger partial charge in [-0.1, -0.05) is 0 Å². The highest BCUT2D eigenvalue weighted by Gasteiger charge is 2.11. The Labute approximate surface area is 86.3 Å². The van der Waals surface area contributed by atoms with Crippen molar-refractivity contribution < 1.29 is 13.2 Å². The molecule has 0 spiro atoms. The number of carbonyl (C=O) groups is 1. The molecule has 1 rings (SSSR count). The SMILES string of the molecule is Cc1nc(C(=O)NCCS(N)(=O)=O)n[nH]1. The molecular formula is C6H11N5O3S. The summed E-state index contributed by atoms with van der Waals surface area (Å²) in [7, 11) is -3.56. The van der Waals surface area contributed by atoms with Gasteiger partial charge in [0.2, 0.25) is 15.8 Å². The molecule has 0 bridgehead atoms. The molecule has 0 unspecified atom stereocenters. The number of nitrogens with zero attached hydrogens (tertiary/aromatic N) is 2. The molecule has 0 saturated heterocycles. The molecule has 8 nitrogen and oxygen atoms in total. The molecule has 15 heavy (non-hydrogen) atoms. The number of H-pyrrole nitrogens is 1. The Morgan fingerprint density at radius 1 is 1.60 bits per heavy atom. The summed E-state index contributed by atoms with van der Waals surface area (Å²) >= 11 is 0. The Bertz CT molecular complexity index is 451. The number of sulfonamides is 1. The molecule has 0 saturated carbocycles. The average Bonchev–Trinajstić information content (AvgIpc) is 2.49. The van der Waals surface area contributed by atoms with Crippen LogP contribution in [0.25, 0.3) is 0 Å². The van der Waals surface area contributed by atoms with Gasteiger partial charge in [0.25, 0.3) is 5.91 Å². The van der Waals surface area contributed by atoms with Gasteiger partial charge in [-0.2, -0.15) is 0 Å². The zero-order chi connectivity index (χ0) is 11.5. The predicted molar refractivity (Wildman–Crippen MR) is 51.4 cm³/mol. The van der Waals surface area contributed by atoms with Crippen molar-refractivity contribution in [3.05, 3.63) is 11.6 Å². The van der Waals surface area contributed by atoms with Gasteiger partial charge in [0, 0.05) is 6.54 Å². The number of aromatic nitrogens is 3. The molecule has 0 fully saturated rings. The maximum absolute atomic E-state index is 11.3. The topological polar surface area (TPSA) is 131 Å². The van der Waals surface area contributed by atoms with E-state index in [-0.39, 0.29) is 18.1 Å². The lowest BCUT2D eigenvalue weighted by atomic mass is 10.5. The third kappa shape index (κ3) is 4.04. The van der Waals surface area contributed by atoms with Gasteiger partial charge in [0.05, 0.1) is 5.75 Å². The highest BCUT2D eigenvalue weighted by molar-refractivity contribution is 7.89. The number of hydrogen-bond acceptors (Lipinski definition) is 5. The summed E-state index contributed by atoms with van der Waals surface area (Å²) in [5, 5.41) is 13.2. The molecular weight excluding hydrogens is 222 g/mol. The van der Waals surface area contributed by atoms with Crippen molar-refractivity contribution in [2.75, 3.05) is 12.3 Å². The predicted octanol–water partition coefficient (Wildman–Crippen LogP) is -1.87. The second-order valence-corrected chi connectivity index (χ2v) is 4.60. The molecule has 1 amide bonds. The van der Waals surface area contributed by atoms with Crippen LogP contribution >= 0.6 is 0 Å². The normalized spacial score (nSPS) is 11.3. The van der Waals surface area contributed by atoms with Crippen LogP contribution in [0.2, 0.25) is 0 Å². The molecule has 1 heterocycles. The fourth-order valence-corrected chi connectivity index (χ4v) is 1.22. The monoisotopic (exact) mass is 233 g/mol. The lowest BCUT2D eigenvalue weighted by Crippen LogP contribution is -2.32. The zero-order valence-corrected chi connectivity index (χ0v) is 8.84. The summed E-state index contributed by atoms with van der Waals surface area (Å²) in [6.07, 6.45) is 0. The van der Waals surface area contributed by atoms with Crippen LogP contribution < -0.4 is 10.5 Å². The average molecular weight is 233 g/mol. The Hall–Kier alpha value is -1.48. The minimum atomic E-state index is -3.56. The number of nitrogens with one attached hydrogen (secondary N) is 2. The van der Waals surface area contributed by atoms with E-state index in [4.69, 9.17) is 5.14 Å². The van der Waals surface area contributed by atoms with E-state index >= 15 is 0 Å². The molecule has 0 atom stereocenters. The first-order valence-electron chi connectivity index (χ1n) is 4.06. The van der Waals surface area contributed by atoms with E-state index in [0.29, 0.717) is 5.82 Å². The van der Waals surface area contributed by atoms with Gasteiger partial charge in [-0.3, -0.25) is 9.89 Å². The van der Waals surface area contributed by atoms with Gasteiger partial charge in [-0.05, 0) is 6.92 Å². The molecule has 0 aromatic carbocycles. The summed E-state index contributed by atoms with van der Waals surface area (Å²) in [5.41, 5.74) is 0. The van der Waals surface area contributed by atoms with Crippen molar-refractivity contribution in [3.63, 3.8) is 0 Å². The molecule has 1 aromatic heterocycles. The maximum atomic E-state index is 11.3. The van der Waals surface area contributed by atoms with Gasteiger partial charge in [-0.25, -0.2) is 18.5 Å². The van der Waals surface area contributed by atoms with E-state index in [9.17, 15) is 13.2 Å². The lowest BCUT2D eigenvalue weighted by molar-refractivity contribution is 0.0946. The first kappa shape index (κ1) is 11.6. The van der Waals surface area contributed by atoms with Crippen molar-refractivity contribution in [2.24, 2.45) is 5.14 Å². The first-order valence-corrected chi connectivity index (χ1v) is 5.78. The lowest BCUT2D eigenvalue weighted by Gasteiger charge is -2.00. The van der Waals surface area contributed by atoms with Gasteiger partial charge in [0.1, 0.15) is 5.82 Å². The van der Waals surface area contributed by atoms with Crippen molar-refractivity contribution in [1.29, 1.82) is 0 Å². The highest BCUT2D eigenvalue weighted by Crippen LogP contribution is 1.89. The number of nitrogens with two attached hydrogens (primary N) is 1. The summed E-state index contributed by atoms with van der Waals surface area (Å²) in [5.74, 6) is -0.376. The molecule has 0 aliphatic rings. The van der Waals surface area contributed by atoms with Crippen LogP contribution in [0.1, 0.15) is 16.4 Å². The second-order valence-electron chi connectivity index (χ2n) is 2.87. The van der Waals surface area contributed by atoms with Gasteiger partial charge in [0.15, 0.2) is 0 Å². The first-order chi connectivity index (χ1) is 6.88. The van der Waals surface area contributed by atoms with Crippen LogP contribution in [0.3, 0.4) is 0 Å². The number of hydrogen-bond donors (Lipinski definition) is 3. The maximum Gasteiger partial charge on any atom is 0.290 e. The fourth-order valence-electron chi connectivity index (χ4n) is 0.830. The summed E-state index contributed by atoms with van der Waals surface area (Å²) in [4.78, 5) is 15.0. The Kier molecular flexibility index (Phi) is 3.37. The quantitative estimate of drug-likeness (QED) is 0.560. The Balaban J connectivity index is 2.44. The van der Waals surface area contributed by atoms with Gasteiger partial charge in [-0.15, -0.1) is 5.10 Å². The van der Waals surface area contributed by atoms with Crippen LogP contribution in [-0.2, 0) is 10.0 Å². The molecule has 9 heteroatoms. The number of amides is 1. The van der Waals surface area contributed by atoms with Crippen LogP contribution in [0.5, 0.6) is 0 Å². The molecule has 4 N–H and O–H groups in total. The largest absolute Gasteiger partial charge is 0.348 e. The van der Waals surface area contributed by atoms with E-state index in [1.54, 1.807) is 6.92 Å². The molecule has 0 aliphatic carbocycles.